The molecule has 3 N–H and O–H groups in total. The van der Waals surface area contributed by atoms with E-state index in [1.165, 1.54) is 0 Å². The highest BCUT2D eigenvalue weighted by molar-refractivity contribution is 5.75. The summed E-state index contributed by atoms with van der Waals surface area (Å²) in [6, 6.07) is 11.0. The number of benzene rings is 1. The van der Waals surface area contributed by atoms with Gasteiger partial charge in [-0.2, -0.15) is 0 Å². The lowest BCUT2D eigenvalue weighted by atomic mass is 10.2. The van der Waals surface area contributed by atoms with Gasteiger partial charge in [0.2, 0.25) is 11.8 Å². The first-order valence-electron chi connectivity index (χ1n) is 7.54. The third-order valence-corrected chi connectivity index (χ3v) is 3.02. The SMILES string of the molecule is CCOc1ccccc1Oc1ccc(CNC(=O)CCN)cn1. The normalized spacial score (nSPS) is 10.2. The molecule has 0 bridgehead atoms. The Morgan fingerprint density at radius 2 is 2.00 bits per heavy atom. The molecule has 0 aliphatic heterocycles. The van der Waals surface area contributed by atoms with Crippen molar-refractivity contribution in [2.24, 2.45) is 5.73 Å². The molecule has 0 radical (unpaired) electrons. The topological polar surface area (TPSA) is 86.5 Å². The number of nitrogens with one attached hydrogen (secondary N) is 1. The van der Waals surface area contributed by atoms with Crippen molar-refractivity contribution in [3.8, 4) is 17.4 Å². The van der Waals surface area contributed by atoms with Crippen molar-refractivity contribution in [2.45, 2.75) is 19.9 Å². The van der Waals surface area contributed by atoms with Gasteiger partial charge in [0, 0.05) is 31.8 Å². The maximum atomic E-state index is 11.4. The third-order valence-electron chi connectivity index (χ3n) is 3.02. The van der Waals surface area contributed by atoms with Gasteiger partial charge >= 0.3 is 0 Å². The monoisotopic (exact) mass is 315 g/mol. The summed E-state index contributed by atoms with van der Waals surface area (Å²) in [5, 5.41) is 2.78. The molecule has 1 aromatic heterocycles. The average molecular weight is 315 g/mol. The Kier molecular flexibility index (Phi) is 6.38. The van der Waals surface area contributed by atoms with Crippen LogP contribution in [0.5, 0.6) is 17.4 Å². The molecule has 0 aliphatic carbocycles. The van der Waals surface area contributed by atoms with Crippen molar-refractivity contribution in [1.29, 1.82) is 0 Å². The minimum absolute atomic E-state index is 0.0709. The van der Waals surface area contributed by atoms with Gasteiger partial charge in [-0.05, 0) is 24.6 Å². The van der Waals surface area contributed by atoms with Gasteiger partial charge in [-0.15, -0.1) is 0 Å². The molecule has 6 nitrogen and oxygen atoms in total. The van der Waals surface area contributed by atoms with Crippen molar-refractivity contribution in [3.05, 3.63) is 48.2 Å². The number of pyridine rings is 1. The van der Waals surface area contributed by atoms with Crippen LogP contribution < -0.4 is 20.5 Å². The zero-order valence-electron chi connectivity index (χ0n) is 13.1. The second kappa shape index (κ2) is 8.75. The van der Waals surface area contributed by atoms with E-state index in [0.29, 0.717) is 43.5 Å². The quantitative estimate of drug-likeness (QED) is 0.780. The number of carbonyl (C=O) groups is 1. The molecule has 122 valence electrons. The van der Waals surface area contributed by atoms with E-state index in [2.05, 4.69) is 10.3 Å². The van der Waals surface area contributed by atoms with E-state index >= 15 is 0 Å². The maximum Gasteiger partial charge on any atom is 0.221 e. The van der Waals surface area contributed by atoms with Gasteiger partial charge in [-0.25, -0.2) is 4.98 Å². The van der Waals surface area contributed by atoms with Crippen molar-refractivity contribution in [1.82, 2.24) is 10.3 Å². The number of nitrogens with two attached hydrogens (primary N) is 1. The smallest absolute Gasteiger partial charge is 0.221 e. The summed E-state index contributed by atoms with van der Waals surface area (Å²) in [5.74, 6) is 1.69. The van der Waals surface area contributed by atoms with Crippen LogP contribution in [0.15, 0.2) is 42.6 Å². The Morgan fingerprint density at radius 3 is 2.65 bits per heavy atom. The average Bonchev–Trinajstić information content (AvgIpc) is 2.56. The van der Waals surface area contributed by atoms with E-state index in [4.69, 9.17) is 15.2 Å². The van der Waals surface area contributed by atoms with Crippen LogP contribution in [0.25, 0.3) is 0 Å². The van der Waals surface area contributed by atoms with E-state index in [1.54, 1.807) is 12.3 Å². The second-order valence-corrected chi connectivity index (χ2v) is 4.80. The molecule has 1 aromatic carbocycles. The highest BCUT2D eigenvalue weighted by atomic mass is 16.5. The number of hydrogen-bond donors (Lipinski definition) is 2. The molecular formula is C17H21N3O3. The van der Waals surface area contributed by atoms with Crippen molar-refractivity contribution in [2.75, 3.05) is 13.2 Å². The zero-order chi connectivity index (χ0) is 16.5. The number of ether oxygens (including phenoxy) is 2. The highest BCUT2D eigenvalue weighted by Gasteiger charge is 2.06. The van der Waals surface area contributed by atoms with Gasteiger partial charge in [0.1, 0.15) is 0 Å². The van der Waals surface area contributed by atoms with Gasteiger partial charge in [0.25, 0.3) is 0 Å². The molecular weight excluding hydrogens is 294 g/mol. The van der Waals surface area contributed by atoms with Crippen LogP contribution in [0.4, 0.5) is 0 Å². The predicted molar refractivity (Wildman–Crippen MR) is 87.4 cm³/mol. The van der Waals surface area contributed by atoms with Crippen LogP contribution in [-0.4, -0.2) is 24.0 Å². The van der Waals surface area contributed by atoms with Gasteiger partial charge in [0.15, 0.2) is 11.5 Å². The predicted octanol–water partition coefficient (Wildman–Crippen LogP) is 2.24. The lowest BCUT2D eigenvalue weighted by molar-refractivity contribution is -0.121. The van der Waals surface area contributed by atoms with Crippen LogP contribution in [0.3, 0.4) is 0 Å². The molecule has 0 spiro atoms. The fourth-order valence-corrected chi connectivity index (χ4v) is 1.92. The molecule has 0 unspecified atom stereocenters. The molecule has 0 saturated heterocycles. The number of para-hydroxylation sites is 2. The van der Waals surface area contributed by atoms with Crippen LogP contribution >= 0.6 is 0 Å². The number of aromatic nitrogens is 1. The largest absolute Gasteiger partial charge is 0.490 e. The first-order valence-corrected chi connectivity index (χ1v) is 7.54. The molecule has 23 heavy (non-hydrogen) atoms. The van der Waals surface area contributed by atoms with Gasteiger partial charge in [-0.1, -0.05) is 18.2 Å². The molecule has 2 aromatic rings. The minimum atomic E-state index is -0.0709. The van der Waals surface area contributed by atoms with E-state index in [9.17, 15) is 4.79 Å². The molecule has 2 rings (SSSR count). The lowest BCUT2D eigenvalue weighted by Crippen LogP contribution is -2.25. The Balaban J connectivity index is 1.96. The number of hydrogen-bond acceptors (Lipinski definition) is 5. The number of carbonyl (C=O) groups excluding carboxylic acids is 1. The fraction of sp³-hybridized carbons (Fsp3) is 0.294. The van der Waals surface area contributed by atoms with Crippen LogP contribution in [0, 0.1) is 0 Å². The molecule has 1 amide bonds. The van der Waals surface area contributed by atoms with E-state index in [0.717, 1.165) is 5.56 Å². The molecule has 1 heterocycles. The van der Waals surface area contributed by atoms with Gasteiger partial charge < -0.3 is 20.5 Å². The molecule has 0 aliphatic rings. The zero-order valence-corrected chi connectivity index (χ0v) is 13.1. The highest BCUT2D eigenvalue weighted by Crippen LogP contribution is 2.30. The Hall–Kier alpha value is -2.60. The van der Waals surface area contributed by atoms with Crippen molar-refractivity contribution in [3.63, 3.8) is 0 Å². The summed E-state index contributed by atoms with van der Waals surface area (Å²) in [4.78, 5) is 15.6. The summed E-state index contributed by atoms with van der Waals surface area (Å²) in [7, 11) is 0. The Morgan fingerprint density at radius 1 is 1.22 bits per heavy atom. The minimum Gasteiger partial charge on any atom is -0.490 e. The Bertz CT molecular complexity index is 629. The number of rotatable bonds is 8. The molecule has 0 atom stereocenters. The third kappa shape index (κ3) is 5.27. The van der Waals surface area contributed by atoms with Crippen LogP contribution in [0.1, 0.15) is 18.9 Å². The van der Waals surface area contributed by atoms with Gasteiger partial charge in [0.05, 0.1) is 6.61 Å². The molecule has 0 fully saturated rings. The maximum absolute atomic E-state index is 11.4. The van der Waals surface area contributed by atoms with Crippen LogP contribution in [0.2, 0.25) is 0 Å². The summed E-state index contributed by atoms with van der Waals surface area (Å²) >= 11 is 0. The molecule has 0 saturated carbocycles. The first kappa shape index (κ1) is 16.8. The van der Waals surface area contributed by atoms with Crippen molar-refractivity contribution >= 4 is 5.91 Å². The Labute approximate surface area is 135 Å². The summed E-state index contributed by atoms with van der Waals surface area (Å²) in [6.45, 7) is 3.25. The number of nitrogens with zero attached hydrogens (tertiary/aromatic N) is 1. The fourth-order valence-electron chi connectivity index (χ4n) is 1.92. The molecule has 6 heteroatoms. The summed E-state index contributed by atoms with van der Waals surface area (Å²) < 4.78 is 11.3. The van der Waals surface area contributed by atoms with Crippen molar-refractivity contribution < 1.29 is 14.3 Å². The first-order chi connectivity index (χ1) is 11.2. The standard InChI is InChI=1S/C17H21N3O3/c1-2-22-14-5-3-4-6-15(14)23-17-8-7-13(12-20-17)11-19-16(21)9-10-18/h3-8,12H,2,9-11,18H2,1H3,(H,19,21). The van der Waals surface area contributed by atoms with E-state index < -0.39 is 0 Å². The summed E-state index contributed by atoms with van der Waals surface area (Å²) in [5.41, 5.74) is 6.21. The summed E-state index contributed by atoms with van der Waals surface area (Å²) in [6.07, 6.45) is 1.99. The van der Waals surface area contributed by atoms with E-state index in [-0.39, 0.29) is 5.91 Å². The number of amides is 1. The second-order valence-electron chi connectivity index (χ2n) is 4.80. The van der Waals surface area contributed by atoms with Crippen LogP contribution in [-0.2, 0) is 11.3 Å². The van der Waals surface area contributed by atoms with E-state index in [1.807, 2.05) is 37.3 Å². The van der Waals surface area contributed by atoms with Gasteiger partial charge in [-0.3, -0.25) is 4.79 Å². The lowest BCUT2D eigenvalue weighted by Gasteiger charge is -2.11.